The van der Waals surface area contributed by atoms with Crippen LogP contribution in [0.5, 0.6) is 11.5 Å². The van der Waals surface area contributed by atoms with Crippen molar-refractivity contribution in [3.63, 3.8) is 0 Å². The number of rotatable bonds is 4. The molecule has 3 heterocycles. The van der Waals surface area contributed by atoms with Crippen LogP contribution < -0.4 is 14.8 Å². The monoisotopic (exact) mass is 392 g/mol. The van der Waals surface area contributed by atoms with Crippen LogP contribution in [0.3, 0.4) is 0 Å². The van der Waals surface area contributed by atoms with E-state index < -0.39 is 6.04 Å². The van der Waals surface area contributed by atoms with Gasteiger partial charge in [0.15, 0.2) is 5.78 Å². The number of furan rings is 1. The van der Waals surface area contributed by atoms with Gasteiger partial charge in [0.05, 0.1) is 20.5 Å². The zero-order valence-corrected chi connectivity index (χ0v) is 16.1. The Kier molecular flexibility index (Phi) is 4.12. The molecule has 148 valence electrons. The Hall–Kier alpha value is -3.55. The van der Waals surface area contributed by atoms with Crippen molar-refractivity contribution < 1.29 is 18.7 Å². The van der Waals surface area contributed by atoms with E-state index in [0.717, 1.165) is 17.0 Å². The summed E-state index contributed by atoms with van der Waals surface area (Å²) in [4.78, 5) is 17.6. The molecule has 0 saturated carbocycles. The van der Waals surface area contributed by atoms with E-state index in [0.29, 0.717) is 35.9 Å². The second-order valence-electron chi connectivity index (χ2n) is 7.10. The maximum atomic E-state index is 13.3. The van der Waals surface area contributed by atoms with Crippen molar-refractivity contribution in [1.82, 2.24) is 14.8 Å². The standard InChI is InChI=1S/C21H20N4O4/c1-27-13-5-6-14(18(10-13)28-2)20-19-15(24-21-22-11-23-25(20)21)8-12(9-16(19)26)17-4-3-7-29-17/h3-7,10-12,20H,8-9H2,1-2H3,(H,22,23,24)/t12-,20+/m0/s1. The van der Waals surface area contributed by atoms with E-state index in [2.05, 4.69) is 15.4 Å². The highest BCUT2D eigenvalue weighted by Gasteiger charge is 2.40. The molecule has 5 rings (SSSR count). The second kappa shape index (κ2) is 6.80. The lowest BCUT2D eigenvalue weighted by molar-refractivity contribution is -0.117. The summed E-state index contributed by atoms with van der Waals surface area (Å²) in [5.41, 5.74) is 2.37. The number of ketones is 1. The molecule has 2 atom stereocenters. The van der Waals surface area contributed by atoms with Crippen molar-refractivity contribution in [2.24, 2.45) is 0 Å². The van der Waals surface area contributed by atoms with E-state index in [1.54, 1.807) is 25.2 Å². The number of hydrogen-bond acceptors (Lipinski definition) is 7. The fourth-order valence-electron chi connectivity index (χ4n) is 4.21. The number of anilines is 1. The molecule has 3 aromatic rings. The van der Waals surface area contributed by atoms with Crippen LogP contribution in [0.1, 0.15) is 36.1 Å². The first-order chi connectivity index (χ1) is 14.2. The Bertz CT molecular complexity index is 1100. The summed E-state index contributed by atoms with van der Waals surface area (Å²) < 4.78 is 18.2. The molecule has 0 unspecified atom stereocenters. The number of nitrogens with zero attached hydrogens (tertiary/aromatic N) is 3. The zero-order chi connectivity index (χ0) is 20.0. The normalized spacial score (nSPS) is 20.7. The summed E-state index contributed by atoms with van der Waals surface area (Å²) >= 11 is 0. The fraction of sp³-hybridized carbons (Fsp3) is 0.286. The molecule has 8 heteroatoms. The van der Waals surface area contributed by atoms with Gasteiger partial charge in [-0.05, 0) is 30.7 Å². The number of Topliss-reactive ketones (excluding diaryl/α,β-unsaturated/α-hetero) is 1. The summed E-state index contributed by atoms with van der Waals surface area (Å²) in [6.45, 7) is 0. The van der Waals surface area contributed by atoms with Crippen LogP contribution in [0.4, 0.5) is 5.95 Å². The van der Waals surface area contributed by atoms with Gasteiger partial charge in [0.2, 0.25) is 5.95 Å². The third-order valence-corrected chi connectivity index (χ3v) is 5.54. The second-order valence-corrected chi connectivity index (χ2v) is 7.10. The molecule has 0 amide bonds. The Balaban J connectivity index is 1.64. The fourth-order valence-corrected chi connectivity index (χ4v) is 4.21. The average molecular weight is 392 g/mol. The maximum absolute atomic E-state index is 13.3. The molecule has 1 N–H and O–H groups in total. The lowest BCUT2D eigenvalue weighted by atomic mass is 9.79. The molecular weight excluding hydrogens is 372 g/mol. The van der Waals surface area contributed by atoms with Crippen LogP contribution >= 0.6 is 0 Å². The van der Waals surface area contributed by atoms with Gasteiger partial charge >= 0.3 is 0 Å². The molecule has 1 aliphatic carbocycles. The Morgan fingerprint density at radius 2 is 2.10 bits per heavy atom. The van der Waals surface area contributed by atoms with Crippen molar-refractivity contribution in [3.05, 3.63) is 65.5 Å². The van der Waals surface area contributed by atoms with E-state index in [-0.39, 0.29) is 11.7 Å². The van der Waals surface area contributed by atoms with Crippen LogP contribution in [0.2, 0.25) is 0 Å². The number of allylic oxidation sites excluding steroid dienone is 2. The molecule has 0 bridgehead atoms. The van der Waals surface area contributed by atoms with Gasteiger partial charge in [-0.1, -0.05) is 0 Å². The van der Waals surface area contributed by atoms with Crippen LogP contribution in [0.15, 0.2) is 58.6 Å². The molecule has 0 fully saturated rings. The Morgan fingerprint density at radius 1 is 1.21 bits per heavy atom. The van der Waals surface area contributed by atoms with Gasteiger partial charge in [-0.3, -0.25) is 4.79 Å². The summed E-state index contributed by atoms with van der Waals surface area (Å²) in [5.74, 6) is 2.78. The minimum Gasteiger partial charge on any atom is -0.497 e. The van der Waals surface area contributed by atoms with E-state index in [1.807, 2.05) is 30.3 Å². The van der Waals surface area contributed by atoms with Gasteiger partial charge in [-0.2, -0.15) is 10.1 Å². The number of carbonyl (C=O) groups is 1. The molecule has 8 nitrogen and oxygen atoms in total. The number of benzene rings is 1. The predicted molar refractivity (Wildman–Crippen MR) is 104 cm³/mol. The predicted octanol–water partition coefficient (Wildman–Crippen LogP) is 3.30. The maximum Gasteiger partial charge on any atom is 0.226 e. The molecular formula is C21H20N4O4. The number of fused-ring (bicyclic) bond motifs is 1. The molecule has 1 aliphatic heterocycles. The first-order valence-corrected chi connectivity index (χ1v) is 9.37. The molecule has 0 saturated heterocycles. The van der Waals surface area contributed by atoms with Crippen molar-refractivity contribution >= 4 is 11.7 Å². The van der Waals surface area contributed by atoms with Gasteiger partial charge < -0.3 is 19.2 Å². The van der Waals surface area contributed by atoms with Gasteiger partial charge in [0, 0.05) is 35.2 Å². The third-order valence-electron chi connectivity index (χ3n) is 5.54. The largest absolute Gasteiger partial charge is 0.497 e. The van der Waals surface area contributed by atoms with E-state index >= 15 is 0 Å². The first-order valence-electron chi connectivity index (χ1n) is 9.37. The summed E-state index contributed by atoms with van der Waals surface area (Å²) in [5, 5.41) is 7.68. The Labute approximate surface area is 167 Å². The van der Waals surface area contributed by atoms with Crippen LogP contribution in [-0.4, -0.2) is 34.8 Å². The van der Waals surface area contributed by atoms with E-state index in [1.165, 1.54) is 6.33 Å². The van der Waals surface area contributed by atoms with Gasteiger partial charge in [0.25, 0.3) is 0 Å². The van der Waals surface area contributed by atoms with Gasteiger partial charge in [-0.25, -0.2) is 4.68 Å². The van der Waals surface area contributed by atoms with Crippen LogP contribution in [0, 0.1) is 0 Å². The highest BCUT2D eigenvalue weighted by Crippen LogP contribution is 2.46. The minimum absolute atomic E-state index is 0.00312. The molecule has 0 radical (unpaired) electrons. The first kappa shape index (κ1) is 17.5. The van der Waals surface area contributed by atoms with E-state index in [9.17, 15) is 4.79 Å². The highest BCUT2D eigenvalue weighted by molar-refractivity contribution is 6.00. The number of carbonyl (C=O) groups excluding carboxylic acids is 1. The van der Waals surface area contributed by atoms with E-state index in [4.69, 9.17) is 13.9 Å². The topological polar surface area (TPSA) is 91.4 Å². The zero-order valence-electron chi connectivity index (χ0n) is 16.1. The highest BCUT2D eigenvalue weighted by atomic mass is 16.5. The van der Waals surface area contributed by atoms with Crippen molar-refractivity contribution in [2.45, 2.75) is 24.8 Å². The number of ether oxygens (including phenoxy) is 2. The van der Waals surface area contributed by atoms with Crippen molar-refractivity contribution in [2.75, 3.05) is 19.5 Å². The summed E-state index contributed by atoms with van der Waals surface area (Å²) in [7, 11) is 3.21. The molecule has 1 aromatic carbocycles. The smallest absolute Gasteiger partial charge is 0.226 e. The molecule has 2 aliphatic rings. The lowest BCUT2D eigenvalue weighted by Gasteiger charge is -2.35. The average Bonchev–Trinajstić information content (AvgIpc) is 3.43. The SMILES string of the molecule is COc1ccc([C@@H]2C3=C(C[C@H](c4ccco4)CC3=O)Nc3ncnn32)c(OC)c1. The van der Waals surface area contributed by atoms with Gasteiger partial charge in [0.1, 0.15) is 29.6 Å². The minimum atomic E-state index is -0.422. The quantitative estimate of drug-likeness (QED) is 0.728. The van der Waals surface area contributed by atoms with Gasteiger partial charge in [-0.15, -0.1) is 0 Å². The number of aromatic nitrogens is 3. The van der Waals surface area contributed by atoms with Crippen LogP contribution in [0.25, 0.3) is 0 Å². The molecule has 2 aromatic heterocycles. The summed E-state index contributed by atoms with van der Waals surface area (Å²) in [6, 6.07) is 8.92. The number of methoxy groups -OCH3 is 2. The van der Waals surface area contributed by atoms with Crippen molar-refractivity contribution in [1.29, 1.82) is 0 Å². The third kappa shape index (κ3) is 2.79. The number of hydrogen-bond donors (Lipinski definition) is 1. The van der Waals surface area contributed by atoms with Crippen molar-refractivity contribution in [3.8, 4) is 11.5 Å². The molecule has 0 spiro atoms. The molecule has 29 heavy (non-hydrogen) atoms. The lowest BCUT2D eigenvalue weighted by Crippen LogP contribution is -2.33. The summed E-state index contributed by atoms with van der Waals surface area (Å²) in [6.07, 6.45) is 4.17. The number of nitrogens with one attached hydrogen (secondary N) is 1. The van der Waals surface area contributed by atoms with Crippen LogP contribution in [-0.2, 0) is 4.79 Å². The Morgan fingerprint density at radius 3 is 2.86 bits per heavy atom.